The Hall–Kier alpha value is -3.16. The van der Waals surface area contributed by atoms with Gasteiger partial charge in [0.1, 0.15) is 5.82 Å². The summed E-state index contributed by atoms with van der Waals surface area (Å²) in [5, 5.41) is 6.52. The third-order valence-corrected chi connectivity index (χ3v) is 4.99. The molecule has 4 rings (SSSR count). The number of aromatic nitrogens is 2. The van der Waals surface area contributed by atoms with Crippen molar-refractivity contribution in [2.45, 2.75) is 25.8 Å². The van der Waals surface area contributed by atoms with Crippen LogP contribution in [0, 0.1) is 0 Å². The summed E-state index contributed by atoms with van der Waals surface area (Å²) in [4.78, 5) is 36.3. The monoisotopic (exact) mass is 380 g/mol. The number of benzene rings is 1. The second-order valence-corrected chi connectivity index (χ2v) is 7.18. The van der Waals surface area contributed by atoms with Crippen molar-refractivity contribution in [3.8, 4) is 0 Å². The van der Waals surface area contributed by atoms with Crippen molar-refractivity contribution in [3.05, 3.63) is 42.1 Å². The molecule has 0 unspecified atom stereocenters. The number of nitrogens with one attached hydrogen (secondary N) is 2. The molecular formula is C20H24N6O2. The van der Waals surface area contributed by atoms with Gasteiger partial charge in [-0.15, -0.1) is 0 Å². The van der Waals surface area contributed by atoms with Crippen LogP contribution in [0.3, 0.4) is 0 Å². The van der Waals surface area contributed by atoms with E-state index in [1.807, 2.05) is 18.2 Å². The highest BCUT2D eigenvalue weighted by molar-refractivity contribution is 5.94. The fourth-order valence-electron chi connectivity index (χ4n) is 3.17. The minimum atomic E-state index is -0.0124. The van der Waals surface area contributed by atoms with Gasteiger partial charge in [-0.3, -0.25) is 9.59 Å². The third-order valence-electron chi connectivity index (χ3n) is 4.99. The van der Waals surface area contributed by atoms with Gasteiger partial charge < -0.3 is 20.4 Å². The van der Waals surface area contributed by atoms with Crippen molar-refractivity contribution < 1.29 is 9.59 Å². The Kier molecular flexibility index (Phi) is 5.10. The summed E-state index contributed by atoms with van der Waals surface area (Å²) in [6, 6.07) is 9.69. The molecule has 146 valence electrons. The van der Waals surface area contributed by atoms with E-state index in [2.05, 4.69) is 20.6 Å². The van der Waals surface area contributed by atoms with Crippen LogP contribution in [0.15, 0.2) is 36.5 Å². The average molecular weight is 380 g/mol. The van der Waals surface area contributed by atoms with Gasteiger partial charge in [-0.2, -0.15) is 4.98 Å². The first-order chi connectivity index (χ1) is 13.6. The van der Waals surface area contributed by atoms with Gasteiger partial charge in [-0.25, -0.2) is 4.98 Å². The maximum Gasteiger partial charge on any atom is 0.253 e. The SMILES string of the molecule is CC(=O)N1CCN(C(=O)c2ccc(Nc3nccc(NC4CC4)n3)cc2)CC1. The van der Waals surface area contributed by atoms with Crippen LogP contribution in [0.2, 0.25) is 0 Å². The predicted molar refractivity (Wildman–Crippen MR) is 107 cm³/mol. The van der Waals surface area contributed by atoms with Crippen LogP contribution < -0.4 is 10.6 Å². The number of amides is 2. The zero-order chi connectivity index (χ0) is 19.5. The summed E-state index contributed by atoms with van der Waals surface area (Å²) in [5.74, 6) is 1.38. The van der Waals surface area contributed by atoms with E-state index in [0.717, 1.165) is 11.5 Å². The quantitative estimate of drug-likeness (QED) is 0.826. The molecule has 8 heteroatoms. The normalized spacial score (nSPS) is 16.6. The van der Waals surface area contributed by atoms with Gasteiger partial charge in [-0.1, -0.05) is 0 Å². The van der Waals surface area contributed by atoms with E-state index in [4.69, 9.17) is 0 Å². The van der Waals surface area contributed by atoms with Gasteiger partial charge in [-0.05, 0) is 43.2 Å². The molecule has 2 heterocycles. The standard InChI is InChI=1S/C20H24N6O2/c1-14(27)25-10-12-26(13-11-25)19(28)15-2-4-17(5-3-15)23-20-21-9-8-18(24-20)22-16-6-7-16/h2-5,8-9,16H,6-7,10-13H2,1H3,(H2,21,22,23,24). The second-order valence-electron chi connectivity index (χ2n) is 7.18. The average Bonchev–Trinajstić information content (AvgIpc) is 3.52. The van der Waals surface area contributed by atoms with Crippen molar-refractivity contribution in [2.24, 2.45) is 0 Å². The molecule has 0 radical (unpaired) electrons. The van der Waals surface area contributed by atoms with Crippen LogP contribution in [-0.2, 0) is 4.79 Å². The third kappa shape index (κ3) is 4.39. The number of hydrogen-bond donors (Lipinski definition) is 2. The van der Waals surface area contributed by atoms with Gasteiger partial charge in [0.15, 0.2) is 0 Å². The minimum absolute atomic E-state index is 0.0124. The maximum absolute atomic E-state index is 12.7. The van der Waals surface area contributed by atoms with Crippen LogP contribution >= 0.6 is 0 Å². The number of hydrogen-bond acceptors (Lipinski definition) is 6. The Bertz CT molecular complexity index is 857. The van der Waals surface area contributed by atoms with Crippen molar-refractivity contribution >= 4 is 29.3 Å². The molecule has 2 aromatic rings. The molecular weight excluding hydrogens is 356 g/mol. The molecule has 2 fully saturated rings. The largest absolute Gasteiger partial charge is 0.367 e. The molecule has 1 aromatic heterocycles. The molecule has 0 bridgehead atoms. The maximum atomic E-state index is 12.7. The van der Waals surface area contributed by atoms with E-state index in [1.165, 1.54) is 12.8 Å². The molecule has 1 aromatic carbocycles. The van der Waals surface area contributed by atoms with E-state index in [1.54, 1.807) is 35.1 Å². The van der Waals surface area contributed by atoms with E-state index in [-0.39, 0.29) is 11.8 Å². The molecule has 0 atom stereocenters. The smallest absolute Gasteiger partial charge is 0.253 e. The number of rotatable bonds is 5. The molecule has 1 saturated carbocycles. The minimum Gasteiger partial charge on any atom is -0.367 e. The number of carbonyl (C=O) groups excluding carboxylic acids is 2. The lowest BCUT2D eigenvalue weighted by molar-refractivity contribution is -0.130. The molecule has 1 aliphatic carbocycles. The zero-order valence-corrected chi connectivity index (χ0v) is 15.9. The number of carbonyl (C=O) groups is 2. The van der Waals surface area contributed by atoms with E-state index < -0.39 is 0 Å². The lowest BCUT2D eigenvalue weighted by Gasteiger charge is -2.34. The first-order valence-corrected chi connectivity index (χ1v) is 9.60. The Labute approximate surface area is 164 Å². The van der Waals surface area contributed by atoms with E-state index in [0.29, 0.717) is 43.7 Å². The van der Waals surface area contributed by atoms with Gasteiger partial charge in [0.2, 0.25) is 11.9 Å². The second kappa shape index (κ2) is 7.84. The Morgan fingerprint density at radius 3 is 2.32 bits per heavy atom. The Balaban J connectivity index is 1.36. The first kappa shape index (κ1) is 18.2. The number of nitrogens with zero attached hydrogens (tertiary/aromatic N) is 4. The molecule has 0 spiro atoms. The fraction of sp³-hybridized carbons (Fsp3) is 0.400. The number of piperazine rings is 1. The van der Waals surface area contributed by atoms with E-state index in [9.17, 15) is 9.59 Å². The van der Waals surface area contributed by atoms with Gasteiger partial charge >= 0.3 is 0 Å². The van der Waals surface area contributed by atoms with Crippen molar-refractivity contribution in [1.29, 1.82) is 0 Å². The van der Waals surface area contributed by atoms with Gasteiger partial charge in [0.25, 0.3) is 5.91 Å². The fourth-order valence-corrected chi connectivity index (χ4v) is 3.17. The lowest BCUT2D eigenvalue weighted by Crippen LogP contribution is -2.50. The van der Waals surface area contributed by atoms with Crippen molar-refractivity contribution in [1.82, 2.24) is 19.8 Å². The summed E-state index contributed by atoms with van der Waals surface area (Å²) in [7, 11) is 0. The molecule has 2 N–H and O–H groups in total. The summed E-state index contributed by atoms with van der Waals surface area (Å²) in [6.45, 7) is 3.86. The van der Waals surface area contributed by atoms with Gasteiger partial charge in [0, 0.05) is 56.6 Å². The first-order valence-electron chi connectivity index (χ1n) is 9.60. The Morgan fingerprint density at radius 2 is 1.68 bits per heavy atom. The molecule has 1 aliphatic heterocycles. The molecule has 2 aliphatic rings. The van der Waals surface area contributed by atoms with Crippen molar-refractivity contribution in [2.75, 3.05) is 36.8 Å². The highest BCUT2D eigenvalue weighted by Crippen LogP contribution is 2.24. The zero-order valence-electron chi connectivity index (χ0n) is 15.9. The number of anilines is 3. The molecule has 2 amide bonds. The molecule has 1 saturated heterocycles. The van der Waals surface area contributed by atoms with Crippen molar-refractivity contribution in [3.63, 3.8) is 0 Å². The van der Waals surface area contributed by atoms with E-state index >= 15 is 0 Å². The highest BCUT2D eigenvalue weighted by atomic mass is 16.2. The van der Waals surface area contributed by atoms with Crippen LogP contribution in [-0.4, -0.2) is 63.8 Å². The predicted octanol–water partition coefficient (Wildman–Crippen LogP) is 2.10. The lowest BCUT2D eigenvalue weighted by atomic mass is 10.1. The van der Waals surface area contributed by atoms with Crippen LogP contribution in [0.5, 0.6) is 0 Å². The summed E-state index contributed by atoms with van der Waals surface area (Å²) >= 11 is 0. The summed E-state index contributed by atoms with van der Waals surface area (Å²) in [6.07, 6.45) is 4.09. The van der Waals surface area contributed by atoms with Crippen LogP contribution in [0.4, 0.5) is 17.5 Å². The Morgan fingerprint density at radius 1 is 1.00 bits per heavy atom. The summed E-state index contributed by atoms with van der Waals surface area (Å²) < 4.78 is 0. The van der Waals surface area contributed by atoms with Crippen LogP contribution in [0.1, 0.15) is 30.1 Å². The topological polar surface area (TPSA) is 90.5 Å². The van der Waals surface area contributed by atoms with Gasteiger partial charge in [0.05, 0.1) is 0 Å². The summed E-state index contributed by atoms with van der Waals surface area (Å²) in [5.41, 5.74) is 1.45. The molecule has 8 nitrogen and oxygen atoms in total. The molecule has 28 heavy (non-hydrogen) atoms. The highest BCUT2D eigenvalue weighted by Gasteiger charge is 2.23. The van der Waals surface area contributed by atoms with Crippen LogP contribution in [0.25, 0.3) is 0 Å².